The molecular weight excluding hydrogens is 295 g/mol. The van der Waals surface area contributed by atoms with Crippen LogP contribution in [0.15, 0.2) is 24.3 Å². The topological polar surface area (TPSA) is 58.5 Å². The largest absolute Gasteiger partial charge is 0.416 e. The number of hydrogen-bond donors (Lipinski definition) is 2. The van der Waals surface area contributed by atoms with Gasteiger partial charge < -0.3 is 10.3 Å². The lowest BCUT2D eigenvalue weighted by molar-refractivity contribution is -0.137. The van der Waals surface area contributed by atoms with Crippen LogP contribution in [-0.4, -0.2) is 19.7 Å². The van der Waals surface area contributed by atoms with E-state index in [1.54, 1.807) is 4.68 Å². The number of nitrogens with zero attached hydrogens (tertiary/aromatic N) is 3. The van der Waals surface area contributed by atoms with Gasteiger partial charge in [0.1, 0.15) is 0 Å². The second-order valence-corrected chi connectivity index (χ2v) is 5.07. The summed E-state index contributed by atoms with van der Waals surface area (Å²) in [5, 5.41) is 7.28. The molecule has 0 fully saturated rings. The number of aromatic nitrogens is 4. The minimum Gasteiger partial charge on any atom is -0.350 e. The summed E-state index contributed by atoms with van der Waals surface area (Å²) in [5.74, 6) is 0.424. The first-order chi connectivity index (χ1) is 10.3. The molecule has 0 aliphatic rings. The van der Waals surface area contributed by atoms with Crippen molar-refractivity contribution >= 4 is 17.0 Å². The highest BCUT2D eigenvalue weighted by atomic mass is 19.4. The summed E-state index contributed by atoms with van der Waals surface area (Å²) >= 11 is 0. The zero-order chi connectivity index (χ0) is 15.9. The van der Waals surface area contributed by atoms with E-state index in [0.29, 0.717) is 23.5 Å². The zero-order valence-corrected chi connectivity index (χ0v) is 12.0. The highest BCUT2D eigenvalue weighted by Crippen LogP contribution is 2.31. The van der Waals surface area contributed by atoms with Gasteiger partial charge in [-0.3, -0.25) is 4.68 Å². The van der Waals surface area contributed by atoms with Crippen LogP contribution in [0.25, 0.3) is 11.0 Å². The molecule has 5 nitrogen and oxygen atoms in total. The second kappa shape index (κ2) is 5.04. The summed E-state index contributed by atoms with van der Waals surface area (Å²) < 4.78 is 39.8. The van der Waals surface area contributed by atoms with E-state index in [9.17, 15) is 13.2 Å². The molecular formula is C14H14F3N5. The molecule has 2 aromatic heterocycles. The number of halogens is 3. The summed E-state index contributed by atoms with van der Waals surface area (Å²) in [7, 11) is 1.83. The van der Waals surface area contributed by atoms with E-state index in [2.05, 4.69) is 20.4 Å². The number of nitrogens with one attached hydrogen (secondary N) is 2. The number of fused-ring (bicyclic) bond motifs is 1. The monoisotopic (exact) mass is 309 g/mol. The van der Waals surface area contributed by atoms with Gasteiger partial charge in [-0.05, 0) is 31.2 Å². The third kappa shape index (κ3) is 2.76. The quantitative estimate of drug-likeness (QED) is 0.781. The molecule has 0 amide bonds. The van der Waals surface area contributed by atoms with Crippen molar-refractivity contribution in [3.63, 3.8) is 0 Å². The molecule has 2 heterocycles. The second-order valence-electron chi connectivity index (χ2n) is 5.07. The van der Waals surface area contributed by atoms with Crippen molar-refractivity contribution in [1.82, 2.24) is 19.7 Å². The van der Waals surface area contributed by atoms with Crippen LogP contribution in [0.4, 0.5) is 19.1 Å². The standard InChI is InChI=1S/C14H14F3N5/c1-8-5-10(22(2)21-8)7-18-13-19-11-4-3-9(14(15,16)17)6-12(11)20-13/h3-6H,7H2,1-2H3,(H2,18,19,20). The van der Waals surface area contributed by atoms with Crippen molar-refractivity contribution in [1.29, 1.82) is 0 Å². The van der Waals surface area contributed by atoms with Gasteiger partial charge >= 0.3 is 6.18 Å². The van der Waals surface area contributed by atoms with E-state index in [4.69, 9.17) is 0 Å². The summed E-state index contributed by atoms with van der Waals surface area (Å²) in [6.45, 7) is 2.37. The maximum absolute atomic E-state index is 12.7. The summed E-state index contributed by atoms with van der Waals surface area (Å²) in [6.07, 6.45) is -4.36. The molecule has 116 valence electrons. The smallest absolute Gasteiger partial charge is 0.350 e. The molecule has 0 saturated heterocycles. The van der Waals surface area contributed by atoms with Crippen LogP contribution in [0, 0.1) is 6.92 Å². The molecule has 2 N–H and O–H groups in total. The van der Waals surface area contributed by atoms with Gasteiger partial charge in [0.15, 0.2) is 0 Å². The van der Waals surface area contributed by atoms with Gasteiger partial charge in [0.2, 0.25) is 5.95 Å². The average Bonchev–Trinajstić information content (AvgIpc) is 2.97. The van der Waals surface area contributed by atoms with Crippen LogP contribution < -0.4 is 5.32 Å². The lowest BCUT2D eigenvalue weighted by Gasteiger charge is -2.05. The third-order valence-electron chi connectivity index (χ3n) is 3.35. The van der Waals surface area contributed by atoms with Crippen LogP contribution in [0.3, 0.4) is 0 Å². The summed E-state index contributed by atoms with van der Waals surface area (Å²) in [5.41, 5.74) is 1.99. The van der Waals surface area contributed by atoms with Crippen LogP contribution >= 0.6 is 0 Å². The van der Waals surface area contributed by atoms with Gasteiger partial charge in [0, 0.05) is 7.05 Å². The van der Waals surface area contributed by atoms with E-state index in [1.807, 2.05) is 20.0 Å². The molecule has 1 aromatic carbocycles. The number of aromatic amines is 1. The lowest BCUT2D eigenvalue weighted by Crippen LogP contribution is -2.06. The molecule has 0 unspecified atom stereocenters. The predicted molar refractivity (Wildman–Crippen MR) is 76.4 cm³/mol. The zero-order valence-electron chi connectivity index (χ0n) is 12.0. The summed E-state index contributed by atoms with van der Waals surface area (Å²) in [4.78, 5) is 7.08. The van der Waals surface area contributed by atoms with Crippen molar-refractivity contribution in [2.24, 2.45) is 7.05 Å². The maximum Gasteiger partial charge on any atom is 0.416 e. The van der Waals surface area contributed by atoms with Crippen LogP contribution in [0.5, 0.6) is 0 Å². The Morgan fingerprint density at radius 2 is 2.05 bits per heavy atom. The molecule has 0 atom stereocenters. The molecule has 0 bridgehead atoms. The first-order valence-corrected chi connectivity index (χ1v) is 6.63. The van der Waals surface area contributed by atoms with Crippen LogP contribution in [0.2, 0.25) is 0 Å². The Bertz CT molecular complexity index is 816. The number of rotatable bonds is 3. The van der Waals surface area contributed by atoms with Crippen molar-refractivity contribution < 1.29 is 13.2 Å². The minimum atomic E-state index is -4.36. The molecule has 0 radical (unpaired) electrons. The number of benzene rings is 1. The Kier molecular flexibility index (Phi) is 3.31. The fourth-order valence-corrected chi connectivity index (χ4v) is 2.27. The molecule has 8 heteroatoms. The Labute approximate surface area is 124 Å². The molecule has 3 aromatic rings. The average molecular weight is 309 g/mol. The molecule has 0 aliphatic carbocycles. The van der Waals surface area contributed by atoms with Crippen molar-refractivity contribution in [2.45, 2.75) is 19.6 Å². The number of H-pyrrole nitrogens is 1. The van der Waals surface area contributed by atoms with Crippen LogP contribution in [-0.2, 0) is 19.8 Å². The van der Waals surface area contributed by atoms with Gasteiger partial charge in [-0.15, -0.1) is 0 Å². The maximum atomic E-state index is 12.7. The van der Waals surface area contributed by atoms with Gasteiger partial charge in [0.05, 0.1) is 34.5 Å². The highest BCUT2D eigenvalue weighted by Gasteiger charge is 2.30. The SMILES string of the molecule is Cc1cc(CNc2nc3ccc(C(F)(F)F)cc3[nH]2)n(C)n1. The number of hydrogen-bond acceptors (Lipinski definition) is 3. The van der Waals surface area contributed by atoms with E-state index in [-0.39, 0.29) is 0 Å². The predicted octanol–water partition coefficient (Wildman–Crippen LogP) is 3.24. The fraction of sp³-hybridized carbons (Fsp3) is 0.286. The van der Waals surface area contributed by atoms with E-state index in [0.717, 1.165) is 23.5 Å². The number of imidazole rings is 1. The minimum absolute atomic E-state index is 0.346. The van der Waals surface area contributed by atoms with Gasteiger partial charge in [-0.25, -0.2) is 4.98 Å². The Balaban J connectivity index is 1.81. The first kappa shape index (κ1) is 14.4. The fourth-order valence-electron chi connectivity index (χ4n) is 2.27. The van der Waals surface area contributed by atoms with E-state index in [1.165, 1.54) is 6.07 Å². The molecule has 0 aliphatic heterocycles. The van der Waals surface area contributed by atoms with Crippen LogP contribution in [0.1, 0.15) is 17.0 Å². The number of alkyl halides is 3. The van der Waals surface area contributed by atoms with Crippen molar-refractivity contribution in [2.75, 3.05) is 5.32 Å². The van der Waals surface area contributed by atoms with Gasteiger partial charge in [-0.2, -0.15) is 18.3 Å². The Hall–Kier alpha value is -2.51. The molecule has 0 spiro atoms. The normalized spacial score (nSPS) is 12.0. The Morgan fingerprint density at radius 1 is 1.27 bits per heavy atom. The first-order valence-electron chi connectivity index (χ1n) is 6.63. The third-order valence-corrected chi connectivity index (χ3v) is 3.35. The van der Waals surface area contributed by atoms with E-state index >= 15 is 0 Å². The van der Waals surface area contributed by atoms with Gasteiger partial charge in [-0.1, -0.05) is 0 Å². The highest BCUT2D eigenvalue weighted by molar-refractivity contribution is 5.78. The number of aryl methyl sites for hydroxylation is 2. The Morgan fingerprint density at radius 3 is 2.68 bits per heavy atom. The van der Waals surface area contributed by atoms with E-state index < -0.39 is 11.7 Å². The van der Waals surface area contributed by atoms with Crippen molar-refractivity contribution in [3.8, 4) is 0 Å². The molecule has 22 heavy (non-hydrogen) atoms. The number of anilines is 1. The van der Waals surface area contributed by atoms with Crippen molar-refractivity contribution in [3.05, 3.63) is 41.2 Å². The molecule has 3 rings (SSSR count). The lowest BCUT2D eigenvalue weighted by atomic mass is 10.2. The summed E-state index contributed by atoms with van der Waals surface area (Å²) in [6, 6.07) is 5.37. The van der Waals surface area contributed by atoms with Gasteiger partial charge in [0.25, 0.3) is 0 Å². The molecule has 0 saturated carbocycles.